The van der Waals surface area contributed by atoms with Crippen LogP contribution in [0, 0.1) is 12.8 Å². The molecule has 1 saturated heterocycles. The molecule has 0 radical (unpaired) electrons. The van der Waals surface area contributed by atoms with Crippen LogP contribution in [0.25, 0.3) is 0 Å². The highest BCUT2D eigenvalue weighted by molar-refractivity contribution is 5.91. The summed E-state index contributed by atoms with van der Waals surface area (Å²) in [5, 5.41) is 0. The third-order valence-corrected chi connectivity index (χ3v) is 4.77. The minimum absolute atomic E-state index is 0.0114. The van der Waals surface area contributed by atoms with Crippen LogP contribution in [-0.4, -0.2) is 33.4 Å². The summed E-state index contributed by atoms with van der Waals surface area (Å²) in [6.45, 7) is 4.72. The molecule has 2 aromatic rings. The zero-order chi connectivity index (χ0) is 15.1. The van der Waals surface area contributed by atoms with Gasteiger partial charge in [-0.1, -0.05) is 0 Å². The fourth-order valence-corrected chi connectivity index (χ4v) is 3.36. The van der Waals surface area contributed by atoms with Crippen LogP contribution >= 0.6 is 0 Å². The quantitative estimate of drug-likeness (QED) is 0.872. The first-order chi connectivity index (χ1) is 10.7. The number of furan rings is 1. The average molecular weight is 299 g/mol. The van der Waals surface area contributed by atoms with E-state index in [1.807, 2.05) is 11.1 Å². The van der Waals surface area contributed by atoms with E-state index in [4.69, 9.17) is 4.42 Å². The Hall–Kier alpha value is -2.04. The van der Waals surface area contributed by atoms with E-state index < -0.39 is 0 Å². The van der Waals surface area contributed by atoms with E-state index in [-0.39, 0.29) is 5.91 Å². The Bertz CT molecular complexity index is 670. The molecule has 2 fully saturated rings. The molecule has 5 heteroatoms. The van der Waals surface area contributed by atoms with Gasteiger partial charge in [0, 0.05) is 37.4 Å². The summed E-state index contributed by atoms with van der Waals surface area (Å²) in [7, 11) is 0. The van der Waals surface area contributed by atoms with Crippen LogP contribution in [0.1, 0.15) is 47.3 Å². The Morgan fingerprint density at radius 1 is 1.41 bits per heavy atom. The molecule has 2 aliphatic rings. The van der Waals surface area contributed by atoms with Crippen LogP contribution in [0.2, 0.25) is 0 Å². The summed E-state index contributed by atoms with van der Waals surface area (Å²) in [5.41, 5.74) is 1.23. The van der Waals surface area contributed by atoms with Crippen molar-refractivity contribution in [2.24, 2.45) is 5.92 Å². The second kappa shape index (κ2) is 5.30. The number of likely N-dealkylation sites (tertiary alicyclic amines) is 1. The van der Waals surface area contributed by atoms with Crippen molar-refractivity contribution in [2.45, 2.75) is 38.6 Å². The van der Waals surface area contributed by atoms with E-state index >= 15 is 0 Å². The van der Waals surface area contributed by atoms with Crippen molar-refractivity contribution in [3.8, 4) is 0 Å². The summed E-state index contributed by atoms with van der Waals surface area (Å²) in [4.78, 5) is 18.8. The predicted octanol–water partition coefficient (Wildman–Crippen LogP) is 2.82. The molecule has 1 atom stereocenters. The first-order valence-electron chi connectivity index (χ1n) is 8.07. The Morgan fingerprint density at radius 2 is 2.27 bits per heavy atom. The summed E-state index contributed by atoms with van der Waals surface area (Å²) < 4.78 is 7.58. The molecule has 116 valence electrons. The lowest BCUT2D eigenvalue weighted by molar-refractivity contribution is 0.0754. The molecule has 1 aliphatic carbocycles. The molecule has 0 N–H and O–H groups in total. The molecule has 5 nitrogen and oxygen atoms in total. The number of rotatable bonds is 4. The zero-order valence-corrected chi connectivity index (χ0v) is 12.9. The van der Waals surface area contributed by atoms with Crippen LogP contribution in [0.3, 0.4) is 0 Å². The lowest BCUT2D eigenvalue weighted by Crippen LogP contribution is -2.29. The lowest BCUT2D eigenvalue weighted by Gasteiger charge is -2.17. The Kier molecular flexibility index (Phi) is 3.28. The number of amides is 1. The summed E-state index contributed by atoms with van der Waals surface area (Å²) in [6, 6.07) is 3.50. The van der Waals surface area contributed by atoms with Gasteiger partial charge >= 0.3 is 0 Å². The summed E-state index contributed by atoms with van der Waals surface area (Å²) in [5.74, 6) is 2.86. The van der Waals surface area contributed by atoms with Crippen LogP contribution in [0.15, 0.2) is 29.0 Å². The van der Waals surface area contributed by atoms with Crippen molar-refractivity contribution < 1.29 is 9.21 Å². The van der Waals surface area contributed by atoms with Gasteiger partial charge < -0.3 is 13.9 Å². The van der Waals surface area contributed by atoms with Gasteiger partial charge in [-0.25, -0.2) is 4.98 Å². The largest absolute Gasteiger partial charge is 0.459 e. The SMILES string of the molecule is Cc1cnc(C2CC2)n1CC1CCN(C(=O)c2ccco2)C1. The van der Waals surface area contributed by atoms with Gasteiger partial charge in [-0.05, 0) is 44.2 Å². The second-order valence-corrected chi connectivity index (χ2v) is 6.53. The third kappa shape index (κ3) is 2.45. The van der Waals surface area contributed by atoms with Gasteiger partial charge in [0.15, 0.2) is 5.76 Å². The van der Waals surface area contributed by atoms with Crippen molar-refractivity contribution in [2.75, 3.05) is 13.1 Å². The maximum atomic E-state index is 12.3. The summed E-state index contributed by atoms with van der Waals surface area (Å²) in [6.07, 6.45) is 7.12. The minimum atomic E-state index is 0.0114. The predicted molar refractivity (Wildman–Crippen MR) is 81.7 cm³/mol. The minimum Gasteiger partial charge on any atom is -0.459 e. The normalized spacial score (nSPS) is 21.5. The number of aromatic nitrogens is 2. The van der Waals surface area contributed by atoms with E-state index in [0.29, 0.717) is 17.6 Å². The van der Waals surface area contributed by atoms with E-state index in [9.17, 15) is 4.79 Å². The van der Waals surface area contributed by atoms with Crippen LogP contribution in [0.4, 0.5) is 0 Å². The van der Waals surface area contributed by atoms with Gasteiger partial charge in [-0.3, -0.25) is 4.79 Å². The maximum Gasteiger partial charge on any atom is 0.289 e. The molecular weight excluding hydrogens is 278 g/mol. The van der Waals surface area contributed by atoms with Gasteiger partial charge in [0.25, 0.3) is 5.91 Å². The number of hydrogen-bond donors (Lipinski definition) is 0. The zero-order valence-electron chi connectivity index (χ0n) is 12.9. The van der Waals surface area contributed by atoms with Crippen molar-refractivity contribution >= 4 is 5.91 Å². The van der Waals surface area contributed by atoms with E-state index in [1.165, 1.54) is 24.4 Å². The number of aryl methyl sites for hydroxylation is 1. The third-order valence-electron chi connectivity index (χ3n) is 4.77. The molecule has 1 amide bonds. The highest BCUT2D eigenvalue weighted by Crippen LogP contribution is 2.40. The topological polar surface area (TPSA) is 51.3 Å². The molecule has 2 aromatic heterocycles. The van der Waals surface area contributed by atoms with Crippen LogP contribution in [-0.2, 0) is 6.54 Å². The fraction of sp³-hybridized carbons (Fsp3) is 0.529. The first-order valence-corrected chi connectivity index (χ1v) is 8.07. The Morgan fingerprint density at radius 3 is 3.00 bits per heavy atom. The number of nitrogens with zero attached hydrogens (tertiary/aromatic N) is 3. The molecule has 1 unspecified atom stereocenters. The first kappa shape index (κ1) is 13.6. The van der Waals surface area contributed by atoms with Crippen LogP contribution < -0.4 is 0 Å². The van der Waals surface area contributed by atoms with Gasteiger partial charge in [0.05, 0.1) is 6.26 Å². The highest BCUT2D eigenvalue weighted by atomic mass is 16.3. The lowest BCUT2D eigenvalue weighted by atomic mass is 10.1. The van der Waals surface area contributed by atoms with Gasteiger partial charge in [0.1, 0.15) is 5.82 Å². The number of imidazole rings is 1. The molecule has 1 saturated carbocycles. The molecule has 1 aliphatic heterocycles. The van der Waals surface area contributed by atoms with Crippen molar-refractivity contribution in [3.05, 3.63) is 41.9 Å². The van der Waals surface area contributed by atoms with E-state index in [2.05, 4.69) is 16.5 Å². The molecule has 0 bridgehead atoms. The molecule has 0 spiro atoms. The van der Waals surface area contributed by atoms with Gasteiger partial charge in [-0.2, -0.15) is 0 Å². The second-order valence-electron chi connectivity index (χ2n) is 6.53. The smallest absolute Gasteiger partial charge is 0.289 e. The van der Waals surface area contributed by atoms with Crippen LogP contribution in [0.5, 0.6) is 0 Å². The standard InChI is InChI=1S/C17H21N3O2/c1-12-9-18-16(14-4-5-14)20(12)11-13-6-7-19(10-13)17(21)15-3-2-8-22-15/h2-3,8-9,13-14H,4-7,10-11H2,1H3. The molecular formula is C17H21N3O2. The van der Waals surface area contributed by atoms with Gasteiger partial charge in [0.2, 0.25) is 0 Å². The average Bonchev–Trinajstić information content (AvgIpc) is 2.95. The Balaban J connectivity index is 1.43. The number of carbonyl (C=O) groups is 1. The molecule has 22 heavy (non-hydrogen) atoms. The monoisotopic (exact) mass is 299 g/mol. The van der Waals surface area contributed by atoms with E-state index in [1.54, 1.807) is 18.4 Å². The van der Waals surface area contributed by atoms with Crippen molar-refractivity contribution in [1.29, 1.82) is 0 Å². The number of hydrogen-bond acceptors (Lipinski definition) is 3. The maximum absolute atomic E-state index is 12.3. The Labute approximate surface area is 129 Å². The molecule has 0 aromatic carbocycles. The molecule has 4 rings (SSSR count). The van der Waals surface area contributed by atoms with Crippen molar-refractivity contribution in [3.63, 3.8) is 0 Å². The van der Waals surface area contributed by atoms with Crippen molar-refractivity contribution in [1.82, 2.24) is 14.5 Å². The molecule has 3 heterocycles. The van der Waals surface area contributed by atoms with E-state index in [0.717, 1.165) is 26.1 Å². The summed E-state index contributed by atoms with van der Waals surface area (Å²) >= 11 is 0. The fourth-order valence-electron chi connectivity index (χ4n) is 3.36. The number of carbonyl (C=O) groups excluding carboxylic acids is 1. The van der Waals surface area contributed by atoms with Gasteiger partial charge in [-0.15, -0.1) is 0 Å². The highest BCUT2D eigenvalue weighted by Gasteiger charge is 2.32.